The Morgan fingerprint density at radius 2 is 1.61 bits per heavy atom. The van der Waals surface area contributed by atoms with Crippen LogP contribution in [0.4, 0.5) is 4.79 Å². The first-order valence-electron chi connectivity index (χ1n) is 11.7. The minimum atomic E-state index is -1.16. The van der Waals surface area contributed by atoms with Crippen LogP contribution in [0.2, 0.25) is 0 Å². The van der Waals surface area contributed by atoms with Gasteiger partial charge in [-0.2, -0.15) is 0 Å². The van der Waals surface area contributed by atoms with Crippen LogP contribution in [-0.4, -0.2) is 49.9 Å². The smallest absolute Gasteiger partial charge is 0.407 e. The van der Waals surface area contributed by atoms with E-state index in [1.54, 1.807) is 18.2 Å². The lowest BCUT2D eigenvalue weighted by Crippen LogP contribution is -2.41. The Hall–Kier alpha value is -4.33. The van der Waals surface area contributed by atoms with Crippen LogP contribution in [0, 0.1) is 0 Å². The number of amides is 2. The molecule has 0 radical (unpaired) electrons. The number of rotatable bonds is 9. The molecule has 0 saturated carbocycles. The zero-order valence-corrected chi connectivity index (χ0v) is 20.1. The average molecular weight is 489 g/mol. The molecule has 1 aliphatic rings. The first kappa shape index (κ1) is 24.8. The molecule has 0 spiro atoms. The molecular formula is C28H28N2O6. The number of ether oxygens (including phenoxy) is 2. The van der Waals surface area contributed by atoms with E-state index in [-0.39, 0.29) is 24.9 Å². The Morgan fingerprint density at radius 1 is 0.972 bits per heavy atom. The van der Waals surface area contributed by atoms with Crippen LogP contribution in [-0.2, 0) is 16.0 Å². The summed E-state index contributed by atoms with van der Waals surface area (Å²) in [6, 6.07) is 19.9. The van der Waals surface area contributed by atoms with Crippen molar-refractivity contribution in [3.05, 3.63) is 89.0 Å². The van der Waals surface area contributed by atoms with E-state index >= 15 is 0 Å². The van der Waals surface area contributed by atoms with Crippen LogP contribution in [0.15, 0.2) is 66.7 Å². The number of hydrogen-bond acceptors (Lipinski definition) is 5. The van der Waals surface area contributed by atoms with E-state index in [1.807, 2.05) is 48.5 Å². The number of carboxylic acid groups (broad SMARTS) is 1. The summed E-state index contributed by atoms with van der Waals surface area (Å²) >= 11 is 0. The summed E-state index contributed by atoms with van der Waals surface area (Å²) in [5, 5.41) is 14.7. The van der Waals surface area contributed by atoms with Crippen LogP contribution in [0.25, 0.3) is 11.1 Å². The maximum Gasteiger partial charge on any atom is 0.407 e. The maximum atomic E-state index is 12.5. The minimum absolute atomic E-state index is 0.0974. The van der Waals surface area contributed by atoms with Gasteiger partial charge in [-0.15, -0.1) is 0 Å². The Bertz CT molecular complexity index is 1240. The second-order valence-corrected chi connectivity index (χ2v) is 8.51. The lowest BCUT2D eigenvalue weighted by molar-refractivity contribution is -0.139. The molecule has 0 heterocycles. The molecule has 3 aromatic rings. The molecule has 1 unspecified atom stereocenters. The van der Waals surface area contributed by atoms with Crippen molar-refractivity contribution in [1.29, 1.82) is 0 Å². The van der Waals surface area contributed by atoms with E-state index in [1.165, 1.54) is 14.2 Å². The van der Waals surface area contributed by atoms with Crippen molar-refractivity contribution in [3.63, 3.8) is 0 Å². The van der Waals surface area contributed by atoms with Gasteiger partial charge >= 0.3 is 12.1 Å². The van der Waals surface area contributed by atoms with Gasteiger partial charge < -0.3 is 25.2 Å². The first-order chi connectivity index (χ1) is 17.4. The molecule has 1 aliphatic carbocycles. The highest BCUT2D eigenvalue weighted by Crippen LogP contribution is 2.44. The Balaban J connectivity index is 1.38. The monoisotopic (exact) mass is 488 g/mol. The summed E-state index contributed by atoms with van der Waals surface area (Å²) in [5.74, 6) is -1.16. The molecule has 36 heavy (non-hydrogen) atoms. The van der Waals surface area contributed by atoms with Gasteiger partial charge in [-0.25, -0.2) is 9.59 Å². The third kappa shape index (κ3) is 5.17. The van der Waals surface area contributed by atoms with Gasteiger partial charge in [-0.1, -0.05) is 54.6 Å². The van der Waals surface area contributed by atoms with Crippen molar-refractivity contribution in [2.45, 2.75) is 24.8 Å². The molecule has 2 amide bonds. The predicted octanol–water partition coefficient (Wildman–Crippen LogP) is 3.98. The number of alkyl carbamates (subject to hydrolysis) is 1. The summed E-state index contributed by atoms with van der Waals surface area (Å²) < 4.78 is 10.7. The summed E-state index contributed by atoms with van der Waals surface area (Å²) in [7, 11) is 2.99. The molecule has 4 rings (SSSR count). The number of aliphatic carboxylic acids is 1. The fourth-order valence-corrected chi connectivity index (χ4v) is 4.57. The van der Waals surface area contributed by atoms with Gasteiger partial charge in [0.15, 0.2) is 0 Å². The fourth-order valence-electron chi connectivity index (χ4n) is 4.57. The van der Waals surface area contributed by atoms with Crippen molar-refractivity contribution in [3.8, 4) is 16.9 Å². The van der Waals surface area contributed by atoms with Gasteiger partial charge in [-0.05, 0) is 52.8 Å². The van der Waals surface area contributed by atoms with Crippen LogP contribution in [0.5, 0.6) is 5.75 Å². The topological polar surface area (TPSA) is 114 Å². The fraction of sp³-hybridized carbons (Fsp3) is 0.250. The van der Waals surface area contributed by atoms with Crippen molar-refractivity contribution in [1.82, 2.24) is 10.6 Å². The number of methoxy groups -OCH3 is 1. The SMILES string of the molecule is CNC(=O)c1cc(CCC(NC(=O)OCC2c3ccccc3-c3ccccc32)C(=O)O)ccc1OC. The number of benzene rings is 3. The van der Waals surface area contributed by atoms with Gasteiger partial charge in [0, 0.05) is 13.0 Å². The molecule has 0 saturated heterocycles. The van der Waals surface area contributed by atoms with Gasteiger partial charge in [0.2, 0.25) is 0 Å². The standard InChI is InChI=1S/C28H28N2O6/c1-29-26(31)22-15-17(12-14-25(22)35-2)11-13-24(27(32)33)30-28(34)36-16-23-20-9-5-3-7-18(20)19-8-4-6-10-21(19)23/h3-10,12,14-15,23-24H,11,13,16H2,1-2H3,(H,29,31)(H,30,34)(H,32,33). The van der Waals surface area contributed by atoms with E-state index in [0.29, 0.717) is 17.7 Å². The highest BCUT2D eigenvalue weighted by molar-refractivity contribution is 5.97. The van der Waals surface area contributed by atoms with Gasteiger partial charge in [0.1, 0.15) is 18.4 Å². The molecule has 1 atom stereocenters. The largest absolute Gasteiger partial charge is 0.496 e. The Kier molecular flexibility index (Phi) is 7.53. The van der Waals surface area contributed by atoms with Gasteiger partial charge in [-0.3, -0.25) is 4.79 Å². The van der Waals surface area contributed by atoms with E-state index in [9.17, 15) is 19.5 Å². The maximum absolute atomic E-state index is 12.5. The van der Waals surface area contributed by atoms with Crippen LogP contribution in [0.3, 0.4) is 0 Å². The zero-order valence-electron chi connectivity index (χ0n) is 20.1. The number of aryl methyl sites for hydroxylation is 1. The molecule has 186 valence electrons. The van der Waals surface area contributed by atoms with Gasteiger partial charge in [0.05, 0.1) is 12.7 Å². The molecule has 0 fully saturated rings. The number of carbonyl (C=O) groups excluding carboxylic acids is 2. The van der Waals surface area contributed by atoms with E-state index in [0.717, 1.165) is 27.8 Å². The molecular weight excluding hydrogens is 460 g/mol. The van der Waals surface area contributed by atoms with Crippen molar-refractivity contribution >= 4 is 18.0 Å². The number of fused-ring (bicyclic) bond motifs is 3. The molecule has 0 bridgehead atoms. The van der Waals surface area contributed by atoms with E-state index < -0.39 is 18.1 Å². The first-order valence-corrected chi connectivity index (χ1v) is 11.7. The summed E-state index contributed by atoms with van der Waals surface area (Å²) in [4.78, 5) is 36.5. The van der Waals surface area contributed by atoms with Crippen molar-refractivity contribution in [2.75, 3.05) is 20.8 Å². The number of hydrogen-bond donors (Lipinski definition) is 3. The minimum Gasteiger partial charge on any atom is -0.496 e. The van der Waals surface area contributed by atoms with Crippen LogP contribution < -0.4 is 15.4 Å². The highest BCUT2D eigenvalue weighted by Gasteiger charge is 2.29. The normalized spacial score (nSPS) is 12.7. The van der Waals surface area contributed by atoms with E-state index in [2.05, 4.69) is 10.6 Å². The quantitative estimate of drug-likeness (QED) is 0.420. The number of carboxylic acids is 1. The molecule has 8 nitrogen and oxygen atoms in total. The lowest BCUT2D eigenvalue weighted by Gasteiger charge is -2.18. The Labute approximate surface area is 209 Å². The average Bonchev–Trinajstić information content (AvgIpc) is 3.22. The molecule has 3 N–H and O–H groups in total. The third-order valence-electron chi connectivity index (χ3n) is 6.39. The molecule has 0 aliphatic heterocycles. The highest BCUT2D eigenvalue weighted by atomic mass is 16.5. The summed E-state index contributed by atoms with van der Waals surface area (Å²) in [5.41, 5.74) is 5.48. The van der Waals surface area contributed by atoms with Crippen LogP contribution in [0.1, 0.15) is 39.4 Å². The van der Waals surface area contributed by atoms with Crippen LogP contribution >= 0.6 is 0 Å². The summed E-state index contributed by atoms with van der Waals surface area (Å²) in [6.45, 7) is 0.0974. The van der Waals surface area contributed by atoms with Crippen molar-refractivity contribution in [2.24, 2.45) is 0 Å². The molecule has 3 aromatic carbocycles. The zero-order chi connectivity index (χ0) is 25.7. The Morgan fingerprint density at radius 3 is 2.19 bits per heavy atom. The lowest BCUT2D eigenvalue weighted by atomic mass is 9.98. The molecule has 8 heteroatoms. The molecule has 0 aromatic heterocycles. The summed E-state index contributed by atoms with van der Waals surface area (Å²) in [6.07, 6.45) is -0.335. The van der Waals surface area contributed by atoms with Gasteiger partial charge in [0.25, 0.3) is 5.91 Å². The second-order valence-electron chi connectivity index (χ2n) is 8.51. The van der Waals surface area contributed by atoms with E-state index in [4.69, 9.17) is 9.47 Å². The third-order valence-corrected chi connectivity index (χ3v) is 6.39. The van der Waals surface area contributed by atoms with Crippen molar-refractivity contribution < 1.29 is 29.0 Å². The number of nitrogens with one attached hydrogen (secondary N) is 2. The second kappa shape index (κ2) is 10.9. The predicted molar refractivity (Wildman–Crippen MR) is 134 cm³/mol. The number of carbonyl (C=O) groups is 3.